The van der Waals surface area contributed by atoms with Gasteiger partial charge in [0.05, 0.1) is 5.69 Å². The van der Waals surface area contributed by atoms with E-state index in [1.807, 2.05) is 60.7 Å². The molecule has 7 N–H and O–H groups in total. The lowest BCUT2D eigenvalue weighted by molar-refractivity contribution is 0.669. The second-order valence-corrected chi connectivity index (χ2v) is 7.49. The van der Waals surface area contributed by atoms with Crippen LogP contribution in [0.5, 0.6) is 0 Å². The van der Waals surface area contributed by atoms with E-state index in [2.05, 4.69) is 5.32 Å². The molecule has 0 amide bonds. The molecule has 146 valence electrons. The summed E-state index contributed by atoms with van der Waals surface area (Å²) in [7, 11) is 0. The number of benzene rings is 4. The van der Waals surface area contributed by atoms with E-state index >= 15 is 0 Å². The zero-order valence-corrected chi connectivity index (χ0v) is 15.9. The van der Waals surface area contributed by atoms with Gasteiger partial charge in [-0.2, -0.15) is 0 Å². The van der Waals surface area contributed by atoms with Crippen LogP contribution in [-0.2, 0) is 0 Å². The van der Waals surface area contributed by atoms with E-state index in [-0.39, 0.29) is 0 Å². The number of hydrogen-bond acceptors (Lipinski definition) is 6. The van der Waals surface area contributed by atoms with Gasteiger partial charge in [-0.25, -0.2) is 0 Å². The third-order valence-corrected chi connectivity index (χ3v) is 5.41. The van der Waals surface area contributed by atoms with Gasteiger partial charge in [-0.3, -0.25) is 0 Å². The summed E-state index contributed by atoms with van der Waals surface area (Å²) >= 11 is 0. The van der Waals surface area contributed by atoms with Gasteiger partial charge in [0.1, 0.15) is 16.7 Å². The molecule has 0 fully saturated rings. The molecule has 6 aromatic rings. The number of nitrogens with one attached hydrogen (secondary N) is 1. The Morgan fingerprint density at radius 3 is 1.87 bits per heavy atom. The standard InChI is InChI=1S/C24H18N4O2/c25-12-1-4-16-17-5-2-14(10-22(17)29-21(16)9-12)28-15-3-6-18-19-7-13(26)8-20(27)24(19)30-23(18)11-15/h1-11,28H,25-27H2. The summed E-state index contributed by atoms with van der Waals surface area (Å²) in [5.74, 6) is 0. The molecule has 0 saturated heterocycles. The van der Waals surface area contributed by atoms with Gasteiger partial charge in [0.25, 0.3) is 0 Å². The maximum absolute atomic E-state index is 6.07. The van der Waals surface area contributed by atoms with E-state index in [0.29, 0.717) is 22.6 Å². The van der Waals surface area contributed by atoms with Crippen LogP contribution in [0.15, 0.2) is 75.6 Å². The fourth-order valence-electron chi connectivity index (χ4n) is 4.04. The second-order valence-electron chi connectivity index (χ2n) is 7.49. The molecule has 6 heteroatoms. The Morgan fingerprint density at radius 1 is 0.533 bits per heavy atom. The summed E-state index contributed by atoms with van der Waals surface area (Å²) in [6, 6.07) is 21.3. The van der Waals surface area contributed by atoms with Crippen molar-refractivity contribution in [3.8, 4) is 0 Å². The molecule has 0 unspecified atom stereocenters. The minimum absolute atomic E-state index is 0.534. The Morgan fingerprint density at radius 2 is 1.13 bits per heavy atom. The highest BCUT2D eigenvalue weighted by molar-refractivity contribution is 6.10. The van der Waals surface area contributed by atoms with Crippen LogP contribution in [0.2, 0.25) is 0 Å². The van der Waals surface area contributed by atoms with Gasteiger partial charge in [0.15, 0.2) is 5.58 Å². The summed E-state index contributed by atoms with van der Waals surface area (Å²) in [5.41, 5.74) is 24.5. The molecule has 6 nitrogen and oxygen atoms in total. The molecular weight excluding hydrogens is 376 g/mol. The average molecular weight is 394 g/mol. The number of furan rings is 2. The second kappa shape index (κ2) is 5.84. The lowest BCUT2D eigenvalue weighted by atomic mass is 10.1. The number of hydrogen-bond donors (Lipinski definition) is 4. The molecule has 0 bridgehead atoms. The Labute approximate surface area is 170 Å². The molecule has 6 rings (SSSR count). The number of nitrogens with two attached hydrogens (primary N) is 3. The highest BCUT2D eigenvalue weighted by Crippen LogP contribution is 2.36. The predicted octanol–water partition coefficient (Wildman–Crippen LogP) is 5.98. The van der Waals surface area contributed by atoms with E-state index in [4.69, 9.17) is 26.0 Å². The van der Waals surface area contributed by atoms with E-state index in [1.54, 1.807) is 6.07 Å². The largest absolute Gasteiger partial charge is 0.456 e. The smallest absolute Gasteiger partial charge is 0.158 e. The van der Waals surface area contributed by atoms with Gasteiger partial charge in [-0.15, -0.1) is 0 Å². The number of nitrogen functional groups attached to an aromatic ring is 3. The van der Waals surface area contributed by atoms with Crippen molar-refractivity contribution < 1.29 is 8.83 Å². The van der Waals surface area contributed by atoms with Crippen LogP contribution in [0.25, 0.3) is 43.9 Å². The van der Waals surface area contributed by atoms with Gasteiger partial charge >= 0.3 is 0 Å². The van der Waals surface area contributed by atoms with Crippen molar-refractivity contribution in [1.82, 2.24) is 0 Å². The normalized spacial score (nSPS) is 11.7. The summed E-state index contributed by atoms with van der Waals surface area (Å²) < 4.78 is 12.0. The van der Waals surface area contributed by atoms with Crippen molar-refractivity contribution in [2.75, 3.05) is 22.5 Å². The van der Waals surface area contributed by atoms with Gasteiger partial charge in [0, 0.05) is 62.5 Å². The Kier molecular flexibility index (Phi) is 3.23. The molecule has 4 aromatic carbocycles. The molecule has 0 saturated carbocycles. The highest BCUT2D eigenvalue weighted by atomic mass is 16.3. The quantitative estimate of drug-likeness (QED) is 0.269. The number of anilines is 5. The first-order valence-corrected chi connectivity index (χ1v) is 9.55. The van der Waals surface area contributed by atoms with E-state index in [1.165, 1.54) is 0 Å². The van der Waals surface area contributed by atoms with E-state index in [0.717, 1.165) is 49.7 Å². The first kappa shape index (κ1) is 16.6. The Hall–Kier alpha value is -4.32. The molecule has 0 aliphatic carbocycles. The summed E-state index contributed by atoms with van der Waals surface area (Å²) in [6.45, 7) is 0. The van der Waals surface area contributed by atoms with Crippen LogP contribution in [0, 0.1) is 0 Å². The van der Waals surface area contributed by atoms with Crippen LogP contribution >= 0.6 is 0 Å². The minimum Gasteiger partial charge on any atom is -0.456 e. The van der Waals surface area contributed by atoms with Crippen LogP contribution in [0.1, 0.15) is 0 Å². The summed E-state index contributed by atoms with van der Waals surface area (Å²) in [6.07, 6.45) is 0. The number of fused-ring (bicyclic) bond motifs is 6. The molecule has 2 aromatic heterocycles. The van der Waals surface area contributed by atoms with Crippen LogP contribution in [-0.4, -0.2) is 0 Å². The minimum atomic E-state index is 0.534. The molecule has 0 aliphatic rings. The van der Waals surface area contributed by atoms with Crippen LogP contribution < -0.4 is 22.5 Å². The van der Waals surface area contributed by atoms with Crippen molar-refractivity contribution in [2.45, 2.75) is 0 Å². The zero-order chi connectivity index (χ0) is 20.4. The molecule has 0 atom stereocenters. The van der Waals surface area contributed by atoms with Gasteiger partial charge < -0.3 is 31.4 Å². The highest BCUT2D eigenvalue weighted by Gasteiger charge is 2.12. The molecule has 0 spiro atoms. The topological polar surface area (TPSA) is 116 Å². The van der Waals surface area contributed by atoms with E-state index in [9.17, 15) is 0 Å². The average Bonchev–Trinajstić information content (AvgIpc) is 3.25. The molecule has 30 heavy (non-hydrogen) atoms. The SMILES string of the molecule is Nc1ccc2c(c1)oc1cc(Nc3ccc4c(c3)oc3c(N)cc(N)cc34)ccc12. The van der Waals surface area contributed by atoms with Crippen molar-refractivity contribution >= 4 is 72.3 Å². The van der Waals surface area contributed by atoms with Gasteiger partial charge in [0.2, 0.25) is 0 Å². The number of rotatable bonds is 2. The van der Waals surface area contributed by atoms with Crippen molar-refractivity contribution in [2.24, 2.45) is 0 Å². The third-order valence-electron chi connectivity index (χ3n) is 5.41. The molecule has 0 aliphatic heterocycles. The maximum atomic E-state index is 6.07. The van der Waals surface area contributed by atoms with Crippen molar-refractivity contribution in [3.05, 3.63) is 66.7 Å². The van der Waals surface area contributed by atoms with Gasteiger partial charge in [-0.05, 0) is 48.5 Å². The maximum Gasteiger partial charge on any atom is 0.158 e. The third kappa shape index (κ3) is 2.44. The first-order valence-electron chi connectivity index (χ1n) is 9.55. The zero-order valence-electron chi connectivity index (χ0n) is 15.9. The molecular formula is C24H18N4O2. The Bertz CT molecular complexity index is 1610. The van der Waals surface area contributed by atoms with Crippen molar-refractivity contribution in [1.29, 1.82) is 0 Å². The van der Waals surface area contributed by atoms with Crippen LogP contribution in [0.4, 0.5) is 28.4 Å². The molecule has 2 heterocycles. The summed E-state index contributed by atoms with van der Waals surface area (Å²) in [4.78, 5) is 0. The van der Waals surface area contributed by atoms with Crippen molar-refractivity contribution in [3.63, 3.8) is 0 Å². The summed E-state index contributed by atoms with van der Waals surface area (Å²) in [5, 5.41) is 7.40. The monoisotopic (exact) mass is 394 g/mol. The Balaban J connectivity index is 1.41. The first-order chi connectivity index (χ1) is 14.5. The fraction of sp³-hybridized carbons (Fsp3) is 0. The fourth-order valence-corrected chi connectivity index (χ4v) is 4.04. The lowest BCUT2D eigenvalue weighted by Crippen LogP contribution is -1.90. The van der Waals surface area contributed by atoms with Crippen LogP contribution in [0.3, 0.4) is 0 Å². The molecule has 0 radical (unpaired) electrons. The van der Waals surface area contributed by atoms with E-state index < -0.39 is 0 Å². The van der Waals surface area contributed by atoms with Gasteiger partial charge in [-0.1, -0.05) is 0 Å². The predicted molar refractivity (Wildman–Crippen MR) is 124 cm³/mol. The lowest BCUT2D eigenvalue weighted by Gasteiger charge is -2.06.